The Bertz CT molecular complexity index is 638. The summed E-state index contributed by atoms with van der Waals surface area (Å²) in [6.45, 7) is 2.81. The number of ether oxygens (including phenoxy) is 3. The molecule has 3 rings (SSSR count). The fourth-order valence-electron chi connectivity index (χ4n) is 1.66. The SMILES string of the molecule is CCNc1nc(Cl)nc(Oc2ccc3c(c2)OCO3)n1. The van der Waals surface area contributed by atoms with E-state index in [-0.39, 0.29) is 18.1 Å². The van der Waals surface area contributed by atoms with E-state index in [4.69, 9.17) is 25.8 Å². The lowest BCUT2D eigenvalue weighted by Crippen LogP contribution is -2.04. The Morgan fingerprint density at radius 2 is 2.10 bits per heavy atom. The van der Waals surface area contributed by atoms with E-state index in [9.17, 15) is 0 Å². The lowest BCUT2D eigenvalue weighted by molar-refractivity contribution is 0.174. The monoisotopic (exact) mass is 294 g/mol. The fraction of sp³-hybridized carbons (Fsp3) is 0.250. The van der Waals surface area contributed by atoms with E-state index < -0.39 is 0 Å². The highest BCUT2D eigenvalue weighted by molar-refractivity contribution is 6.28. The van der Waals surface area contributed by atoms with Crippen LogP contribution < -0.4 is 19.5 Å². The number of hydrogen-bond donors (Lipinski definition) is 1. The van der Waals surface area contributed by atoms with Crippen LogP contribution in [0, 0.1) is 0 Å². The minimum absolute atomic E-state index is 0.0618. The van der Waals surface area contributed by atoms with E-state index in [1.165, 1.54) is 0 Å². The molecule has 0 unspecified atom stereocenters. The average Bonchev–Trinajstić information content (AvgIpc) is 2.85. The number of nitrogens with one attached hydrogen (secondary N) is 1. The molecule has 1 aliphatic heterocycles. The van der Waals surface area contributed by atoms with Crippen molar-refractivity contribution < 1.29 is 14.2 Å². The van der Waals surface area contributed by atoms with Crippen LogP contribution in [0.3, 0.4) is 0 Å². The highest BCUT2D eigenvalue weighted by Crippen LogP contribution is 2.36. The molecule has 0 fully saturated rings. The first-order valence-corrected chi connectivity index (χ1v) is 6.35. The Morgan fingerprint density at radius 3 is 2.95 bits per heavy atom. The van der Waals surface area contributed by atoms with E-state index in [2.05, 4.69) is 20.3 Å². The van der Waals surface area contributed by atoms with Gasteiger partial charge in [0.25, 0.3) is 0 Å². The molecule has 1 N–H and O–H groups in total. The molecule has 8 heteroatoms. The van der Waals surface area contributed by atoms with Crippen molar-refractivity contribution in [2.45, 2.75) is 6.92 Å². The number of halogens is 1. The van der Waals surface area contributed by atoms with Gasteiger partial charge in [0.2, 0.25) is 18.0 Å². The number of fused-ring (bicyclic) bond motifs is 1. The van der Waals surface area contributed by atoms with Gasteiger partial charge in [0.15, 0.2) is 11.5 Å². The number of benzene rings is 1. The Hall–Kier alpha value is -2.28. The molecule has 104 valence electrons. The van der Waals surface area contributed by atoms with Gasteiger partial charge in [-0.2, -0.15) is 15.0 Å². The van der Waals surface area contributed by atoms with Gasteiger partial charge in [-0.3, -0.25) is 0 Å². The maximum atomic E-state index is 5.82. The third-order valence-corrected chi connectivity index (χ3v) is 2.64. The summed E-state index contributed by atoms with van der Waals surface area (Å²) in [5.74, 6) is 2.19. The largest absolute Gasteiger partial charge is 0.454 e. The van der Waals surface area contributed by atoms with Gasteiger partial charge in [-0.25, -0.2) is 0 Å². The van der Waals surface area contributed by atoms with E-state index in [1.54, 1.807) is 18.2 Å². The zero-order chi connectivity index (χ0) is 13.9. The van der Waals surface area contributed by atoms with Crippen molar-refractivity contribution in [3.8, 4) is 23.3 Å². The van der Waals surface area contributed by atoms with Gasteiger partial charge < -0.3 is 19.5 Å². The highest BCUT2D eigenvalue weighted by atomic mass is 35.5. The van der Waals surface area contributed by atoms with Crippen molar-refractivity contribution in [3.63, 3.8) is 0 Å². The van der Waals surface area contributed by atoms with Gasteiger partial charge in [-0.1, -0.05) is 0 Å². The second-order valence-corrected chi connectivity index (χ2v) is 4.20. The van der Waals surface area contributed by atoms with Crippen molar-refractivity contribution >= 4 is 17.5 Å². The fourth-order valence-corrected chi connectivity index (χ4v) is 1.81. The van der Waals surface area contributed by atoms with Gasteiger partial charge in [0.05, 0.1) is 0 Å². The number of rotatable bonds is 4. The summed E-state index contributed by atoms with van der Waals surface area (Å²) in [5, 5.41) is 3.01. The number of aromatic nitrogens is 3. The van der Waals surface area contributed by atoms with Crippen LogP contribution in [0.1, 0.15) is 6.92 Å². The van der Waals surface area contributed by atoms with Crippen LogP contribution in [0.2, 0.25) is 5.28 Å². The van der Waals surface area contributed by atoms with Crippen LogP contribution >= 0.6 is 11.6 Å². The second kappa shape index (κ2) is 5.38. The molecule has 20 heavy (non-hydrogen) atoms. The molecule has 0 bridgehead atoms. The van der Waals surface area contributed by atoms with Crippen molar-refractivity contribution in [1.29, 1.82) is 0 Å². The molecule has 1 aliphatic rings. The zero-order valence-corrected chi connectivity index (χ0v) is 11.3. The minimum Gasteiger partial charge on any atom is -0.454 e. The summed E-state index contributed by atoms with van der Waals surface area (Å²) in [7, 11) is 0. The quantitative estimate of drug-likeness (QED) is 0.928. The third-order valence-electron chi connectivity index (χ3n) is 2.48. The Balaban J connectivity index is 1.83. The molecule has 0 radical (unpaired) electrons. The Kier molecular flexibility index (Phi) is 3.42. The van der Waals surface area contributed by atoms with E-state index in [1.807, 2.05) is 6.92 Å². The first-order valence-electron chi connectivity index (χ1n) is 5.97. The van der Waals surface area contributed by atoms with Crippen LogP contribution in [-0.4, -0.2) is 28.3 Å². The maximum Gasteiger partial charge on any atom is 0.328 e. The number of anilines is 1. The van der Waals surface area contributed by atoms with E-state index in [0.29, 0.717) is 29.7 Å². The van der Waals surface area contributed by atoms with Crippen LogP contribution in [-0.2, 0) is 0 Å². The molecular formula is C12H11ClN4O3. The zero-order valence-electron chi connectivity index (χ0n) is 10.6. The van der Waals surface area contributed by atoms with Gasteiger partial charge in [-0.05, 0) is 30.7 Å². The molecule has 0 aliphatic carbocycles. The lowest BCUT2D eigenvalue weighted by Gasteiger charge is -2.06. The first kappa shape index (κ1) is 12.7. The molecule has 0 saturated carbocycles. The normalized spacial score (nSPS) is 12.3. The molecule has 7 nitrogen and oxygen atoms in total. The van der Waals surface area contributed by atoms with Gasteiger partial charge >= 0.3 is 6.01 Å². The molecule has 0 spiro atoms. The number of nitrogens with zero attached hydrogens (tertiary/aromatic N) is 3. The predicted octanol–water partition coefficient (Wildman–Crippen LogP) is 2.48. The molecular weight excluding hydrogens is 284 g/mol. The second-order valence-electron chi connectivity index (χ2n) is 3.86. The van der Waals surface area contributed by atoms with Gasteiger partial charge in [0.1, 0.15) is 5.75 Å². The lowest BCUT2D eigenvalue weighted by atomic mass is 10.3. The standard InChI is InChI=1S/C12H11ClN4O3/c1-2-14-11-15-10(13)16-12(17-11)20-7-3-4-8-9(5-7)19-6-18-8/h3-5H,2,6H2,1H3,(H,14,15,16,17). The summed E-state index contributed by atoms with van der Waals surface area (Å²) in [4.78, 5) is 11.9. The van der Waals surface area contributed by atoms with E-state index >= 15 is 0 Å². The molecule has 1 aromatic heterocycles. The number of hydrogen-bond acceptors (Lipinski definition) is 7. The Labute approximate surface area is 119 Å². The summed E-state index contributed by atoms with van der Waals surface area (Å²) in [6, 6.07) is 5.30. The smallest absolute Gasteiger partial charge is 0.328 e. The molecule has 0 saturated heterocycles. The highest BCUT2D eigenvalue weighted by Gasteiger charge is 2.15. The van der Waals surface area contributed by atoms with Gasteiger partial charge in [0, 0.05) is 12.6 Å². The van der Waals surface area contributed by atoms with Crippen molar-refractivity contribution in [1.82, 2.24) is 15.0 Å². The van der Waals surface area contributed by atoms with Gasteiger partial charge in [-0.15, -0.1) is 0 Å². The maximum absolute atomic E-state index is 5.82. The summed E-state index contributed by atoms with van der Waals surface area (Å²) in [6.07, 6.45) is 0. The molecule has 1 aromatic carbocycles. The molecule has 0 atom stereocenters. The van der Waals surface area contributed by atoms with E-state index in [0.717, 1.165) is 0 Å². The van der Waals surface area contributed by atoms with Crippen LogP contribution in [0.5, 0.6) is 23.3 Å². The third kappa shape index (κ3) is 2.67. The summed E-state index contributed by atoms with van der Waals surface area (Å²) < 4.78 is 16.0. The van der Waals surface area contributed by atoms with Crippen LogP contribution in [0.15, 0.2) is 18.2 Å². The predicted molar refractivity (Wildman–Crippen MR) is 71.6 cm³/mol. The molecule has 2 aromatic rings. The van der Waals surface area contributed by atoms with Crippen molar-refractivity contribution in [3.05, 3.63) is 23.5 Å². The van der Waals surface area contributed by atoms with Crippen molar-refractivity contribution in [2.24, 2.45) is 0 Å². The summed E-state index contributed by atoms with van der Waals surface area (Å²) in [5.41, 5.74) is 0. The van der Waals surface area contributed by atoms with Crippen LogP contribution in [0.4, 0.5) is 5.95 Å². The minimum atomic E-state index is 0.0618. The topological polar surface area (TPSA) is 78.4 Å². The van der Waals surface area contributed by atoms with Crippen LogP contribution in [0.25, 0.3) is 0 Å². The molecule has 0 amide bonds. The average molecular weight is 295 g/mol. The molecule has 2 heterocycles. The van der Waals surface area contributed by atoms with Crippen molar-refractivity contribution in [2.75, 3.05) is 18.7 Å². The summed E-state index contributed by atoms with van der Waals surface area (Å²) >= 11 is 5.82. The first-order chi connectivity index (χ1) is 9.74. The Morgan fingerprint density at radius 1 is 1.25 bits per heavy atom.